The summed E-state index contributed by atoms with van der Waals surface area (Å²) in [6.45, 7) is 0. The van der Waals surface area contributed by atoms with Gasteiger partial charge in [-0.25, -0.2) is 4.90 Å². The van der Waals surface area contributed by atoms with E-state index < -0.39 is 11.9 Å². The molecule has 0 aliphatic heterocycles. The van der Waals surface area contributed by atoms with Crippen LogP contribution in [0.4, 0.5) is 5.69 Å². The first-order valence-electron chi connectivity index (χ1n) is 7.83. The Labute approximate surface area is 148 Å². The molecule has 2 aromatic heterocycles. The van der Waals surface area contributed by atoms with Crippen molar-refractivity contribution in [3.05, 3.63) is 52.9 Å². The maximum Gasteiger partial charge on any atom is 0.268 e. The number of guanidine groups is 1. The molecule has 0 bridgehead atoms. The Morgan fingerprint density at radius 2 is 2.16 bits per heavy atom. The van der Waals surface area contributed by atoms with E-state index in [1.807, 2.05) is 0 Å². The Morgan fingerprint density at radius 1 is 1.36 bits per heavy atom. The maximum atomic E-state index is 13.2. The third kappa shape index (κ3) is 2.62. The summed E-state index contributed by atoms with van der Waals surface area (Å²) in [6, 6.07) is 6.95. The highest BCUT2D eigenvalue weighted by Gasteiger charge is 2.33. The number of carbonyl (C=O) groups excluding carboxylic acids is 1. The number of aromatic amines is 1. The van der Waals surface area contributed by atoms with Crippen molar-refractivity contribution in [1.82, 2.24) is 15.2 Å². The number of aromatic nitrogens is 3. The number of amides is 1. The first-order valence-corrected chi connectivity index (χ1v) is 8.20. The molecule has 1 fully saturated rings. The fraction of sp³-hybridized carbons (Fsp3) is 0.176. The molecule has 0 spiro atoms. The Bertz CT molecular complexity index is 994. The molecular formula is C17H15ClN6O. The minimum Gasteiger partial charge on any atom is -0.369 e. The molecule has 2 heterocycles. The molecule has 1 aromatic carbocycles. The van der Waals surface area contributed by atoms with E-state index in [4.69, 9.17) is 22.7 Å². The zero-order chi connectivity index (χ0) is 17.6. The number of hydrogen-bond donors (Lipinski definition) is 3. The van der Waals surface area contributed by atoms with Crippen LogP contribution in [0.2, 0.25) is 5.02 Å². The van der Waals surface area contributed by atoms with Gasteiger partial charge in [-0.3, -0.25) is 20.3 Å². The minimum absolute atomic E-state index is 0.305. The van der Waals surface area contributed by atoms with Crippen molar-refractivity contribution in [3.8, 4) is 0 Å². The van der Waals surface area contributed by atoms with Crippen molar-refractivity contribution in [1.29, 1.82) is 5.41 Å². The van der Waals surface area contributed by atoms with Gasteiger partial charge in [0.2, 0.25) is 0 Å². The molecule has 4 rings (SSSR count). The molecule has 1 aliphatic carbocycles. The van der Waals surface area contributed by atoms with Gasteiger partial charge in [0.05, 0.1) is 33.7 Å². The first kappa shape index (κ1) is 15.6. The summed E-state index contributed by atoms with van der Waals surface area (Å²) in [7, 11) is 0. The number of nitrogens with two attached hydrogens (primary N) is 1. The van der Waals surface area contributed by atoms with Crippen LogP contribution in [0.15, 0.2) is 36.7 Å². The molecule has 7 nitrogen and oxygen atoms in total. The van der Waals surface area contributed by atoms with Gasteiger partial charge >= 0.3 is 0 Å². The lowest BCUT2D eigenvalue weighted by atomic mass is 10.1. The first-order chi connectivity index (χ1) is 12.1. The zero-order valence-corrected chi connectivity index (χ0v) is 13.9. The van der Waals surface area contributed by atoms with Gasteiger partial charge in [-0.2, -0.15) is 5.10 Å². The number of nitrogens with one attached hydrogen (secondary N) is 2. The Balaban J connectivity index is 1.88. The maximum absolute atomic E-state index is 13.2. The predicted octanol–water partition coefficient (Wildman–Crippen LogP) is 3.03. The molecule has 25 heavy (non-hydrogen) atoms. The average molecular weight is 355 g/mol. The number of carbonyl (C=O) groups is 1. The fourth-order valence-corrected chi connectivity index (χ4v) is 3.19. The largest absolute Gasteiger partial charge is 0.369 e. The van der Waals surface area contributed by atoms with Gasteiger partial charge in [0.15, 0.2) is 5.96 Å². The predicted molar refractivity (Wildman–Crippen MR) is 96.0 cm³/mol. The van der Waals surface area contributed by atoms with Gasteiger partial charge in [-0.05, 0) is 37.1 Å². The molecule has 1 aliphatic rings. The quantitative estimate of drug-likeness (QED) is 0.495. The van der Waals surface area contributed by atoms with Crippen LogP contribution in [-0.2, 0) is 0 Å². The van der Waals surface area contributed by atoms with E-state index in [1.165, 1.54) is 6.20 Å². The summed E-state index contributed by atoms with van der Waals surface area (Å²) in [6.07, 6.45) is 5.16. The van der Waals surface area contributed by atoms with Gasteiger partial charge in [-0.15, -0.1) is 0 Å². The second-order valence-electron chi connectivity index (χ2n) is 5.96. The molecule has 0 atom stereocenters. The van der Waals surface area contributed by atoms with Crippen LogP contribution in [0.1, 0.15) is 34.8 Å². The van der Waals surface area contributed by atoms with Crippen molar-refractivity contribution < 1.29 is 4.79 Å². The molecule has 0 unspecified atom stereocenters. The molecule has 4 N–H and O–H groups in total. The SMILES string of the molecule is N=C(N)N(C(=O)c1cn[nH]c1C1CC1)c1c(Cl)ccc2ncccc12. The molecule has 8 heteroatoms. The van der Waals surface area contributed by atoms with Crippen LogP contribution < -0.4 is 10.6 Å². The van der Waals surface area contributed by atoms with Crippen molar-refractivity contribution >= 4 is 40.1 Å². The molecule has 1 amide bonds. The second kappa shape index (κ2) is 5.86. The lowest BCUT2D eigenvalue weighted by Gasteiger charge is -2.23. The van der Waals surface area contributed by atoms with Crippen LogP contribution in [0.25, 0.3) is 10.9 Å². The van der Waals surface area contributed by atoms with Gasteiger partial charge < -0.3 is 5.73 Å². The third-order valence-electron chi connectivity index (χ3n) is 4.26. The van der Waals surface area contributed by atoms with Crippen molar-refractivity contribution in [2.75, 3.05) is 4.90 Å². The molecule has 0 radical (unpaired) electrons. The topological polar surface area (TPSA) is 112 Å². The van der Waals surface area contributed by atoms with E-state index in [1.54, 1.807) is 30.5 Å². The van der Waals surface area contributed by atoms with E-state index in [2.05, 4.69) is 15.2 Å². The third-order valence-corrected chi connectivity index (χ3v) is 4.56. The van der Waals surface area contributed by atoms with Crippen LogP contribution in [0, 0.1) is 5.41 Å². The molecule has 0 saturated heterocycles. The number of hydrogen-bond acceptors (Lipinski definition) is 4. The number of rotatable bonds is 3. The summed E-state index contributed by atoms with van der Waals surface area (Å²) in [5.74, 6) is -0.535. The Hall–Kier alpha value is -2.93. The zero-order valence-electron chi connectivity index (χ0n) is 13.2. The van der Waals surface area contributed by atoms with Gasteiger partial charge in [0, 0.05) is 17.5 Å². The molecule has 126 valence electrons. The van der Waals surface area contributed by atoms with Crippen molar-refractivity contribution in [2.45, 2.75) is 18.8 Å². The summed E-state index contributed by atoms with van der Waals surface area (Å²) in [4.78, 5) is 18.6. The number of benzene rings is 1. The number of H-pyrrole nitrogens is 1. The number of fused-ring (bicyclic) bond motifs is 1. The minimum atomic E-state index is -0.429. The standard InChI is InChI=1S/C17H15ClN6O/c18-12-5-6-13-10(2-1-7-21-13)15(12)24(17(19)20)16(25)11-8-22-23-14(11)9-3-4-9/h1-2,5-9H,3-4H2,(H3,19,20)(H,22,23). The summed E-state index contributed by atoms with van der Waals surface area (Å²) < 4.78 is 0. The molecule has 1 saturated carbocycles. The van der Waals surface area contributed by atoms with Crippen LogP contribution in [0.5, 0.6) is 0 Å². The summed E-state index contributed by atoms with van der Waals surface area (Å²) in [5.41, 5.74) is 7.97. The van der Waals surface area contributed by atoms with Gasteiger partial charge in [0.25, 0.3) is 5.91 Å². The van der Waals surface area contributed by atoms with Crippen LogP contribution in [-0.4, -0.2) is 27.0 Å². The van der Waals surface area contributed by atoms with E-state index >= 15 is 0 Å². The highest BCUT2D eigenvalue weighted by Crippen LogP contribution is 2.41. The number of pyridine rings is 1. The van der Waals surface area contributed by atoms with E-state index in [-0.39, 0.29) is 0 Å². The summed E-state index contributed by atoms with van der Waals surface area (Å²) >= 11 is 6.36. The van der Waals surface area contributed by atoms with Crippen LogP contribution >= 0.6 is 11.6 Å². The van der Waals surface area contributed by atoms with Crippen molar-refractivity contribution in [2.24, 2.45) is 5.73 Å². The average Bonchev–Trinajstić information content (AvgIpc) is 3.33. The molecule has 3 aromatic rings. The monoisotopic (exact) mass is 354 g/mol. The second-order valence-corrected chi connectivity index (χ2v) is 6.37. The number of nitrogens with zero attached hydrogens (tertiary/aromatic N) is 3. The fourth-order valence-electron chi connectivity index (χ4n) is 2.94. The lowest BCUT2D eigenvalue weighted by molar-refractivity contribution is 0.100. The number of halogens is 1. The highest BCUT2D eigenvalue weighted by molar-refractivity contribution is 6.38. The van der Waals surface area contributed by atoms with E-state index in [9.17, 15) is 4.79 Å². The van der Waals surface area contributed by atoms with Gasteiger partial charge in [0.1, 0.15) is 0 Å². The smallest absolute Gasteiger partial charge is 0.268 e. The summed E-state index contributed by atoms with van der Waals surface area (Å²) in [5, 5.41) is 15.8. The normalized spacial score (nSPS) is 13.8. The lowest BCUT2D eigenvalue weighted by Crippen LogP contribution is -2.42. The Kier molecular flexibility index (Phi) is 3.65. The highest BCUT2D eigenvalue weighted by atomic mass is 35.5. The molecular weight excluding hydrogens is 340 g/mol. The van der Waals surface area contributed by atoms with E-state index in [0.29, 0.717) is 33.1 Å². The Morgan fingerprint density at radius 3 is 2.88 bits per heavy atom. The van der Waals surface area contributed by atoms with Crippen LogP contribution in [0.3, 0.4) is 0 Å². The van der Waals surface area contributed by atoms with Gasteiger partial charge in [-0.1, -0.05) is 11.6 Å². The van der Waals surface area contributed by atoms with Crippen molar-refractivity contribution in [3.63, 3.8) is 0 Å². The van der Waals surface area contributed by atoms with E-state index in [0.717, 1.165) is 23.4 Å². The number of anilines is 1.